The van der Waals surface area contributed by atoms with E-state index in [0.29, 0.717) is 17.0 Å². The molecule has 3 nitrogen and oxygen atoms in total. The SMILES string of the molecule is O=C(NCCc1c[nH]c2ccccc12)c1ccccc1S. The highest BCUT2D eigenvalue weighted by Crippen LogP contribution is 2.18. The molecule has 106 valence electrons. The average Bonchev–Trinajstić information content (AvgIpc) is 2.91. The van der Waals surface area contributed by atoms with Gasteiger partial charge < -0.3 is 10.3 Å². The molecule has 0 atom stereocenters. The van der Waals surface area contributed by atoms with E-state index in [1.165, 1.54) is 10.9 Å². The minimum absolute atomic E-state index is 0.0829. The number of nitrogens with one attached hydrogen (secondary N) is 2. The Kier molecular flexibility index (Phi) is 3.97. The molecule has 0 saturated carbocycles. The third-order valence-electron chi connectivity index (χ3n) is 3.50. The fourth-order valence-corrected chi connectivity index (χ4v) is 2.67. The Morgan fingerprint density at radius 1 is 1.10 bits per heavy atom. The van der Waals surface area contributed by atoms with Gasteiger partial charge in [-0.3, -0.25) is 4.79 Å². The third kappa shape index (κ3) is 2.95. The maximum absolute atomic E-state index is 12.1. The van der Waals surface area contributed by atoms with E-state index in [2.05, 4.69) is 35.1 Å². The van der Waals surface area contributed by atoms with Crippen molar-refractivity contribution in [2.75, 3.05) is 6.54 Å². The molecule has 0 unspecified atom stereocenters. The second kappa shape index (κ2) is 6.06. The summed E-state index contributed by atoms with van der Waals surface area (Å²) >= 11 is 4.30. The lowest BCUT2D eigenvalue weighted by Gasteiger charge is -2.06. The quantitative estimate of drug-likeness (QED) is 0.635. The van der Waals surface area contributed by atoms with Gasteiger partial charge in [0.15, 0.2) is 0 Å². The summed E-state index contributed by atoms with van der Waals surface area (Å²) in [5.74, 6) is -0.0829. The fourth-order valence-electron chi connectivity index (χ4n) is 2.41. The van der Waals surface area contributed by atoms with Crippen LogP contribution in [0, 0.1) is 0 Å². The van der Waals surface area contributed by atoms with Crippen LogP contribution in [-0.4, -0.2) is 17.4 Å². The molecule has 1 heterocycles. The first kappa shape index (κ1) is 13.8. The largest absolute Gasteiger partial charge is 0.361 e. The van der Waals surface area contributed by atoms with Crippen LogP contribution in [0.5, 0.6) is 0 Å². The molecule has 2 aromatic carbocycles. The van der Waals surface area contributed by atoms with Crippen molar-refractivity contribution in [2.24, 2.45) is 0 Å². The van der Waals surface area contributed by atoms with Crippen LogP contribution in [0.25, 0.3) is 10.9 Å². The van der Waals surface area contributed by atoms with E-state index >= 15 is 0 Å². The standard InChI is InChI=1S/C17H16N2OS/c20-17(14-6-2-4-8-16(14)21)18-10-9-12-11-19-15-7-3-1-5-13(12)15/h1-8,11,19,21H,9-10H2,(H,18,20). The van der Waals surface area contributed by atoms with Gasteiger partial charge in [0.1, 0.15) is 0 Å². The molecule has 0 radical (unpaired) electrons. The minimum atomic E-state index is -0.0829. The molecule has 3 rings (SSSR count). The van der Waals surface area contributed by atoms with Crippen LogP contribution in [0.2, 0.25) is 0 Å². The fraction of sp³-hybridized carbons (Fsp3) is 0.118. The van der Waals surface area contributed by atoms with Crippen molar-refractivity contribution in [2.45, 2.75) is 11.3 Å². The van der Waals surface area contributed by atoms with Gasteiger partial charge in [0.2, 0.25) is 0 Å². The van der Waals surface area contributed by atoms with E-state index in [9.17, 15) is 4.79 Å². The summed E-state index contributed by atoms with van der Waals surface area (Å²) in [6.45, 7) is 0.600. The molecule has 4 heteroatoms. The number of H-pyrrole nitrogens is 1. The number of carbonyl (C=O) groups is 1. The number of rotatable bonds is 4. The average molecular weight is 296 g/mol. The van der Waals surface area contributed by atoms with Gasteiger partial charge in [0.25, 0.3) is 5.91 Å². The van der Waals surface area contributed by atoms with Crippen LogP contribution in [-0.2, 0) is 6.42 Å². The number of hydrogen-bond acceptors (Lipinski definition) is 2. The molecule has 1 aromatic heterocycles. The predicted octanol–water partition coefficient (Wildman–Crippen LogP) is 3.43. The van der Waals surface area contributed by atoms with Gasteiger partial charge in [0.05, 0.1) is 5.56 Å². The number of aromatic nitrogens is 1. The molecule has 0 saturated heterocycles. The molecule has 0 aliphatic carbocycles. The van der Waals surface area contributed by atoms with Crippen LogP contribution < -0.4 is 5.32 Å². The molecule has 3 aromatic rings. The van der Waals surface area contributed by atoms with Crippen molar-refractivity contribution >= 4 is 29.4 Å². The Labute approximate surface area is 128 Å². The van der Waals surface area contributed by atoms with Crippen molar-refractivity contribution in [3.05, 3.63) is 65.9 Å². The zero-order valence-electron chi connectivity index (χ0n) is 11.5. The number of aromatic amines is 1. The number of para-hydroxylation sites is 1. The maximum atomic E-state index is 12.1. The number of hydrogen-bond donors (Lipinski definition) is 3. The van der Waals surface area contributed by atoms with Gasteiger partial charge in [-0.25, -0.2) is 0 Å². The van der Waals surface area contributed by atoms with Crippen molar-refractivity contribution in [3.63, 3.8) is 0 Å². The molecule has 2 N–H and O–H groups in total. The topological polar surface area (TPSA) is 44.9 Å². The van der Waals surface area contributed by atoms with E-state index in [1.807, 2.05) is 36.5 Å². The summed E-state index contributed by atoms with van der Waals surface area (Å²) in [6.07, 6.45) is 2.80. The zero-order chi connectivity index (χ0) is 14.7. The van der Waals surface area contributed by atoms with E-state index in [0.717, 1.165) is 11.9 Å². The molecular formula is C17H16N2OS. The molecule has 21 heavy (non-hydrogen) atoms. The van der Waals surface area contributed by atoms with E-state index in [1.54, 1.807) is 6.07 Å². The van der Waals surface area contributed by atoms with Gasteiger partial charge in [-0.2, -0.15) is 0 Å². The number of carbonyl (C=O) groups excluding carboxylic acids is 1. The third-order valence-corrected chi connectivity index (χ3v) is 3.89. The Balaban J connectivity index is 1.64. The highest BCUT2D eigenvalue weighted by atomic mass is 32.1. The van der Waals surface area contributed by atoms with Crippen LogP contribution >= 0.6 is 12.6 Å². The number of benzene rings is 2. The van der Waals surface area contributed by atoms with E-state index in [4.69, 9.17) is 0 Å². The van der Waals surface area contributed by atoms with Gasteiger partial charge in [-0.05, 0) is 30.2 Å². The van der Waals surface area contributed by atoms with E-state index in [-0.39, 0.29) is 5.91 Å². The molecule has 0 spiro atoms. The summed E-state index contributed by atoms with van der Waals surface area (Å²) in [5, 5.41) is 4.15. The van der Waals surface area contributed by atoms with Crippen LogP contribution in [0.15, 0.2) is 59.6 Å². The summed E-state index contributed by atoms with van der Waals surface area (Å²) in [5.41, 5.74) is 2.95. The highest BCUT2D eigenvalue weighted by Gasteiger charge is 2.08. The zero-order valence-corrected chi connectivity index (χ0v) is 12.4. The van der Waals surface area contributed by atoms with E-state index < -0.39 is 0 Å². The van der Waals surface area contributed by atoms with Crippen molar-refractivity contribution < 1.29 is 4.79 Å². The van der Waals surface area contributed by atoms with Crippen molar-refractivity contribution in [1.29, 1.82) is 0 Å². The van der Waals surface area contributed by atoms with Crippen LogP contribution in [0.1, 0.15) is 15.9 Å². The first-order valence-electron chi connectivity index (χ1n) is 6.87. The Bertz CT molecular complexity index is 779. The Morgan fingerprint density at radius 2 is 1.86 bits per heavy atom. The van der Waals surface area contributed by atoms with Gasteiger partial charge in [-0.1, -0.05) is 30.3 Å². The second-order valence-corrected chi connectivity index (χ2v) is 5.36. The highest BCUT2D eigenvalue weighted by molar-refractivity contribution is 7.80. The van der Waals surface area contributed by atoms with Crippen LogP contribution in [0.4, 0.5) is 0 Å². The second-order valence-electron chi connectivity index (χ2n) is 4.88. The lowest BCUT2D eigenvalue weighted by Crippen LogP contribution is -2.25. The van der Waals surface area contributed by atoms with Gasteiger partial charge in [0, 0.05) is 28.5 Å². The first-order chi connectivity index (χ1) is 10.3. The lowest BCUT2D eigenvalue weighted by atomic mass is 10.1. The predicted molar refractivity (Wildman–Crippen MR) is 88.0 cm³/mol. The van der Waals surface area contributed by atoms with Crippen LogP contribution in [0.3, 0.4) is 0 Å². The molecule has 0 aliphatic heterocycles. The summed E-state index contributed by atoms with van der Waals surface area (Å²) < 4.78 is 0. The number of fused-ring (bicyclic) bond motifs is 1. The maximum Gasteiger partial charge on any atom is 0.252 e. The molecular weight excluding hydrogens is 280 g/mol. The smallest absolute Gasteiger partial charge is 0.252 e. The Hall–Kier alpha value is -2.20. The first-order valence-corrected chi connectivity index (χ1v) is 7.31. The Morgan fingerprint density at radius 3 is 2.71 bits per heavy atom. The monoisotopic (exact) mass is 296 g/mol. The number of thiol groups is 1. The molecule has 0 fully saturated rings. The summed E-state index contributed by atoms with van der Waals surface area (Å²) in [4.78, 5) is 16.0. The molecule has 0 aliphatic rings. The molecule has 1 amide bonds. The van der Waals surface area contributed by atoms with Gasteiger partial charge in [-0.15, -0.1) is 12.6 Å². The van der Waals surface area contributed by atoms with Gasteiger partial charge >= 0.3 is 0 Å². The summed E-state index contributed by atoms with van der Waals surface area (Å²) in [6, 6.07) is 15.5. The normalized spacial score (nSPS) is 10.7. The number of amides is 1. The summed E-state index contributed by atoms with van der Waals surface area (Å²) in [7, 11) is 0. The van der Waals surface area contributed by atoms with Crippen molar-refractivity contribution in [3.8, 4) is 0 Å². The van der Waals surface area contributed by atoms with Crippen molar-refractivity contribution in [1.82, 2.24) is 10.3 Å². The lowest BCUT2D eigenvalue weighted by molar-refractivity contribution is 0.0951. The molecule has 0 bridgehead atoms. The minimum Gasteiger partial charge on any atom is -0.361 e.